The molecule has 37 heavy (non-hydrogen) atoms. The highest BCUT2D eigenvalue weighted by molar-refractivity contribution is 5.99. The van der Waals surface area contributed by atoms with Gasteiger partial charge in [-0.05, 0) is 48.0 Å². The lowest BCUT2D eigenvalue weighted by molar-refractivity contribution is -0.129. The fourth-order valence-electron chi connectivity index (χ4n) is 4.36. The number of carbonyl (C=O) groups is 2. The maximum Gasteiger partial charge on any atom is 0.248 e. The zero-order chi connectivity index (χ0) is 25.8. The van der Waals surface area contributed by atoms with E-state index in [9.17, 15) is 9.59 Å². The van der Waals surface area contributed by atoms with Crippen molar-refractivity contribution in [3.05, 3.63) is 79.6 Å². The van der Waals surface area contributed by atoms with E-state index < -0.39 is 0 Å². The van der Waals surface area contributed by atoms with Gasteiger partial charge in [0, 0.05) is 67.8 Å². The second-order valence-corrected chi connectivity index (χ2v) is 8.73. The van der Waals surface area contributed by atoms with Gasteiger partial charge >= 0.3 is 0 Å². The monoisotopic (exact) mass is 493 g/mol. The fourth-order valence-corrected chi connectivity index (χ4v) is 4.36. The molecule has 5 rings (SSSR count). The Morgan fingerprint density at radius 3 is 2.51 bits per heavy atom. The van der Waals surface area contributed by atoms with Crippen LogP contribution in [0, 0.1) is 0 Å². The van der Waals surface area contributed by atoms with Gasteiger partial charge in [-0.25, -0.2) is 15.0 Å². The Morgan fingerprint density at radius 1 is 1.00 bits per heavy atom. The zero-order valence-corrected chi connectivity index (χ0v) is 20.5. The summed E-state index contributed by atoms with van der Waals surface area (Å²) >= 11 is 0. The molecule has 0 aliphatic carbocycles. The number of para-hydroxylation sites is 1. The third-order valence-electron chi connectivity index (χ3n) is 6.33. The minimum Gasteiger partial charge on any atom is -0.368 e. The molecule has 9 nitrogen and oxygen atoms in total. The molecule has 0 bridgehead atoms. The van der Waals surface area contributed by atoms with Crippen molar-refractivity contribution in [2.45, 2.75) is 6.92 Å². The highest BCUT2D eigenvalue weighted by Crippen LogP contribution is 2.29. The van der Waals surface area contributed by atoms with E-state index in [0.717, 1.165) is 59.6 Å². The molecule has 3 heterocycles. The van der Waals surface area contributed by atoms with E-state index in [0.29, 0.717) is 11.8 Å². The molecule has 0 atom stereocenters. The minimum absolute atomic E-state index is 0.126. The molecule has 2 aromatic carbocycles. The molecule has 2 aromatic heterocycles. The third-order valence-corrected chi connectivity index (χ3v) is 6.33. The summed E-state index contributed by atoms with van der Waals surface area (Å²) in [5, 5.41) is 6.89. The summed E-state index contributed by atoms with van der Waals surface area (Å²) in [7, 11) is 0. The first-order chi connectivity index (χ1) is 18.0. The lowest BCUT2D eigenvalue weighted by Gasteiger charge is -2.35. The molecule has 0 radical (unpaired) electrons. The van der Waals surface area contributed by atoms with Gasteiger partial charge in [-0.1, -0.05) is 24.8 Å². The number of fused-ring (bicyclic) bond motifs is 1. The topological polar surface area (TPSA) is 103 Å². The fraction of sp³-hybridized carbons (Fsp3) is 0.179. The van der Waals surface area contributed by atoms with E-state index in [1.54, 1.807) is 25.4 Å². The Hall–Kier alpha value is -4.79. The highest BCUT2D eigenvalue weighted by atomic mass is 16.2. The maximum atomic E-state index is 11.7. The van der Waals surface area contributed by atoms with Gasteiger partial charge in [0.2, 0.25) is 17.8 Å². The lowest BCUT2D eigenvalue weighted by atomic mass is 10.0. The van der Waals surface area contributed by atoms with Crippen LogP contribution in [0.1, 0.15) is 6.92 Å². The van der Waals surface area contributed by atoms with Crippen molar-refractivity contribution in [3.8, 4) is 11.1 Å². The molecule has 186 valence electrons. The van der Waals surface area contributed by atoms with Crippen LogP contribution in [-0.4, -0.2) is 57.8 Å². The number of piperazine rings is 1. The number of amides is 2. The van der Waals surface area contributed by atoms with Gasteiger partial charge in [0.1, 0.15) is 5.82 Å². The number of nitrogens with zero attached hydrogens (tertiary/aromatic N) is 5. The van der Waals surface area contributed by atoms with E-state index in [4.69, 9.17) is 4.98 Å². The number of nitrogens with one attached hydrogen (secondary N) is 2. The Labute approximate surface area is 214 Å². The molecule has 0 unspecified atom stereocenters. The standard InChI is InChI=1S/C28H27N7O2/c1-3-26(37)32-25-17-20(11-12-29-25)24-6-4-5-21-18-30-28(33-27(21)24)31-22-7-9-23(10-8-22)35-15-13-34(14-16-35)19(2)36/h3-12,17-18H,1,13-16H2,2H3,(H,29,32,37)(H,30,31,33). The van der Waals surface area contributed by atoms with Crippen molar-refractivity contribution < 1.29 is 9.59 Å². The SMILES string of the molecule is C=CC(=O)Nc1cc(-c2cccc3cnc(Nc4ccc(N5CCN(C(C)=O)CC5)cc4)nc23)ccn1. The van der Waals surface area contributed by atoms with Crippen LogP contribution >= 0.6 is 0 Å². The van der Waals surface area contributed by atoms with Crippen LogP contribution in [0.2, 0.25) is 0 Å². The van der Waals surface area contributed by atoms with Crippen LogP contribution in [0.3, 0.4) is 0 Å². The zero-order valence-electron chi connectivity index (χ0n) is 20.5. The number of benzene rings is 2. The van der Waals surface area contributed by atoms with Crippen molar-refractivity contribution in [3.63, 3.8) is 0 Å². The van der Waals surface area contributed by atoms with Crippen molar-refractivity contribution in [1.82, 2.24) is 19.9 Å². The van der Waals surface area contributed by atoms with Gasteiger partial charge in [-0.15, -0.1) is 0 Å². The van der Waals surface area contributed by atoms with Gasteiger partial charge in [0.25, 0.3) is 0 Å². The van der Waals surface area contributed by atoms with E-state index in [1.807, 2.05) is 41.3 Å². The van der Waals surface area contributed by atoms with E-state index in [1.165, 1.54) is 6.08 Å². The largest absolute Gasteiger partial charge is 0.368 e. The van der Waals surface area contributed by atoms with Crippen LogP contribution in [0.4, 0.5) is 23.1 Å². The van der Waals surface area contributed by atoms with Crippen LogP contribution in [0.15, 0.2) is 79.6 Å². The predicted octanol–water partition coefficient (Wildman–Crippen LogP) is 4.23. The third kappa shape index (κ3) is 5.40. The first-order valence-electron chi connectivity index (χ1n) is 12.0. The molecule has 9 heteroatoms. The average molecular weight is 494 g/mol. The number of pyridine rings is 1. The molecule has 1 fully saturated rings. The van der Waals surface area contributed by atoms with Gasteiger partial charge in [0.15, 0.2) is 0 Å². The Morgan fingerprint density at radius 2 is 1.78 bits per heavy atom. The summed E-state index contributed by atoms with van der Waals surface area (Å²) in [5.74, 6) is 0.730. The van der Waals surface area contributed by atoms with Crippen molar-refractivity contribution in [1.29, 1.82) is 0 Å². The van der Waals surface area contributed by atoms with Crippen molar-refractivity contribution >= 4 is 45.9 Å². The van der Waals surface area contributed by atoms with Crippen LogP contribution in [0.5, 0.6) is 0 Å². The Bertz CT molecular complexity index is 1460. The summed E-state index contributed by atoms with van der Waals surface area (Å²) in [4.78, 5) is 40.9. The second-order valence-electron chi connectivity index (χ2n) is 8.73. The summed E-state index contributed by atoms with van der Waals surface area (Å²) < 4.78 is 0. The smallest absolute Gasteiger partial charge is 0.248 e. The molecule has 4 aromatic rings. The van der Waals surface area contributed by atoms with Crippen LogP contribution in [-0.2, 0) is 9.59 Å². The molecular formula is C28H27N7O2. The molecular weight excluding hydrogens is 466 g/mol. The molecule has 1 aliphatic rings. The lowest BCUT2D eigenvalue weighted by Crippen LogP contribution is -2.48. The number of carbonyl (C=O) groups excluding carboxylic acids is 2. The van der Waals surface area contributed by atoms with Gasteiger partial charge < -0.3 is 20.4 Å². The minimum atomic E-state index is -0.319. The number of hydrogen-bond acceptors (Lipinski definition) is 7. The van der Waals surface area contributed by atoms with E-state index in [2.05, 4.69) is 44.2 Å². The van der Waals surface area contributed by atoms with Crippen LogP contribution < -0.4 is 15.5 Å². The highest BCUT2D eigenvalue weighted by Gasteiger charge is 2.18. The Balaban J connectivity index is 1.35. The van der Waals surface area contributed by atoms with Crippen molar-refractivity contribution in [2.75, 3.05) is 41.7 Å². The average Bonchev–Trinajstić information content (AvgIpc) is 2.93. The first-order valence-corrected chi connectivity index (χ1v) is 12.0. The van der Waals surface area contributed by atoms with Crippen molar-refractivity contribution in [2.24, 2.45) is 0 Å². The van der Waals surface area contributed by atoms with Gasteiger partial charge in [0.05, 0.1) is 5.52 Å². The van der Waals surface area contributed by atoms with Gasteiger partial charge in [-0.3, -0.25) is 9.59 Å². The quantitative estimate of drug-likeness (QED) is 0.388. The maximum absolute atomic E-state index is 11.7. The van der Waals surface area contributed by atoms with E-state index in [-0.39, 0.29) is 11.8 Å². The number of hydrogen-bond donors (Lipinski definition) is 2. The molecule has 1 aliphatic heterocycles. The second kappa shape index (κ2) is 10.4. The first kappa shape index (κ1) is 23.9. The molecule has 1 saturated heterocycles. The molecule has 2 N–H and O–H groups in total. The molecule has 0 saturated carbocycles. The van der Waals surface area contributed by atoms with Crippen LogP contribution in [0.25, 0.3) is 22.0 Å². The summed E-state index contributed by atoms with van der Waals surface area (Å²) in [6.45, 7) is 8.21. The summed E-state index contributed by atoms with van der Waals surface area (Å²) in [6.07, 6.45) is 4.64. The summed E-state index contributed by atoms with van der Waals surface area (Å²) in [5.41, 5.74) is 4.55. The van der Waals surface area contributed by atoms with Gasteiger partial charge in [-0.2, -0.15) is 0 Å². The summed E-state index contributed by atoms with van der Waals surface area (Å²) in [6, 6.07) is 17.7. The normalized spacial score (nSPS) is 13.3. The van der Waals surface area contributed by atoms with E-state index >= 15 is 0 Å². The number of rotatable bonds is 6. The number of aromatic nitrogens is 3. The predicted molar refractivity (Wildman–Crippen MR) is 146 cm³/mol. The molecule has 0 spiro atoms. The molecule has 2 amide bonds. The Kier molecular flexibility index (Phi) is 6.76. The number of anilines is 4.